The molecule has 13 heteroatoms. The third-order valence-corrected chi connectivity index (χ3v) is 8.86. The molecule has 1 atom stereocenters. The number of aliphatic hydroxyl groups excluding tert-OH is 1. The minimum Gasteiger partial charge on any atom is -0.384 e. The molecule has 0 bridgehead atoms. The van der Waals surface area contributed by atoms with Crippen molar-refractivity contribution in [2.24, 2.45) is 0 Å². The van der Waals surface area contributed by atoms with E-state index in [0.717, 1.165) is 6.92 Å². The average Bonchev–Trinajstić information content (AvgIpc) is 2.99. The van der Waals surface area contributed by atoms with Crippen LogP contribution in [0.1, 0.15) is 44.2 Å². The summed E-state index contributed by atoms with van der Waals surface area (Å²) in [6.07, 6.45) is -0.619. The van der Waals surface area contributed by atoms with E-state index < -0.39 is 27.9 Å². The van der Waals surface area contributed by atoms with Gasteiger partial charge in [0.15, 0.2) is 0 Å². The van der Waals surface area contributed by atoms with Gasteiger partial charge < -0.3 is 14.9 Å². The number of hydrogen-bond acceptors (Lipinski definition) is 7. The number of rotatable bonds is 15. The second-order valence-electron chi connectivity index (χ2n) is 10.4. The van der Waals surface area contributed by atoms with E-state index in [0.29, 0.717) is 35.4 Å². The molecule has 3 aromatic rings. The normalized spacial score (nSPS) is 12.0. The van der Waals surface area contributed by atoms with Gasteiger partial charge in [-0.1, -0.05) is 67.1 Å². The molecular formula is C32H37ClFN3O6S2. The zero-order valence-corrected chi connectivity index (χ0v) is 27.5. The van der Waals surface area contributed by atoms with Gasteiger partial charge in [-0.05, 0) is 37.1 Å². The SMILES string of the molecule is CCCC(=O)N(CCC(=O)N(CCS)Cc1ccccc1F)Cc1ccc(-c2ccccc2S(=O)(=O)NC(=O)C(C)O)c(Cl)c1. The summed E-state index contributed by atoms with van der Waals surface area (Å²) in [5, 5.41) is 9.67. The van der Waals surface area contributed by atoms with Crippen molar-refractivity contribution in [1.82, 2.24) is 14.5 Å². The first-order valence-electron chi connectivity index (χ1n) is 14.4. The van der Waals surface area contributed by atoms with E-state index >= 15 is 0 Å². The molecule has 1 unspecified atom stereocenters. The minimum absolute atomic E-state index is 0.0207. The lowest BCUT2D eigenvalue weighted by Gasteiger charge is -2.26. The van der Waals surface area contributed by atoms with Crippen LogP contribution in [-0.2, 0) is 37.5 Å². The van der Waals surface area contributed by atoms with Crippen LogP contribution in [0.4, 0.5) is 4.39 Å². The van der Waals surface area contributed by atoms with Crippen LogP contribution in [0.5, 0.6) is 0 Å². The Bertz CT molecular complexity index is 1620. The third-order valence-electron chi connectivity index (χ3n) is 6.94. The Hall–Kier alpha value is -3.45. The fourth-order valence-electron chi connectivity index (χ4n) is 4.59. The summed E-state index contributed by atoms with van der Waals surface area (Å²) in [6, 6.07) is 17.2. The Labute approximate surface area is 273 Å². The molecule has 3 aromatic carbocycles. The fourth-order valence-corrected chi connectivity index (χ4v) is 6.41. The molecule has 0 fully saturated rings. The first kappa shape index (κ1) is 36.0. The van der Waals surface area contributed by atoms with Gasteiger partial charge in [0.05, 0.1) is 4.90 Å². The number of halogens is 2. The topological polar surface area (TPSA) is 124 Å². The lowest BCUT2D eigenvalue weighted by atomic mass is 10.0. The van der Waals surface area contributed by atoms with Crippen LogP contribution in [0, 0.1) is 5.82 Å². The molecule has 0 spiro atoms. The number of aliphatic hydroxyl groups is 1. The van der Waals surface area contributed by atoms with E-state index in [9.17, 15) is 32.3 Å². The van der Waals surface area contributed by atoms with Gasteiger partial charge in [0.2, 0.25) is 11.8 Å². The van der Waals surface area contributed by atoms with E-state index in [-0.39, 0.29) is 59.8 Å². The number of hydrogen-bond donors (Lipinski definition) is 3. The Morgan fingerprint density at radius 1 is 0.933 bits per heavy atom. The van der Waals surface area contributed by atoms with Crippen molar-refractivity contribution in [3.05, 3.63) is 88.7 Å². The number of benzene rings is 3. The molecule has 0 radical (unpaired) electrons. The molecule has 45 heavy (non-hydrogen) atoms. The van der Waals surface area contributed by atoms with Gasteiger partial charge in [0, 0.05) is 66.5 Å². The predicted molar refractivity (Wildman–Crippen MR) is 175 cm³/mol. The molecule has 0 aromatic heterocycles. The van der Waals surface area contributed by atoms with Crippen LogP contribution in [0.25, 0.3) is 11.1 Å². The molecule has 3 rings (SSSR count). The molecule has 0 heterocycles. The second-order valence-corrected chi connectivity index (χ2v) is 12.9. The number of amides is 3. The van der Waals surface area contributed by atoms with E-state index in [4.69, 9.17) is 11.6 Å². The van der Waals surface area contributed by atoms with Crippen molar-refractivity contribution in [2.45, 2.75) is 57.2 Å². The van der Waals surface area contributed by atoms with Crippen LogP contribution >= 0.6 is 24.2 Å². The van der Waals surface area contributed by atoms with Gasteiger partial charge in [0.25, 0.3) is 15.9 Å². The third kappa shape index (κ3) is 10.0. The van der Waals surface area contributed by atoms with E-state index in [2.05, 4.69) is 12.6 Å². The minimum atomic E-state index is -4.33. The summed E-state index contributed by atoms with van der Waals surface area (Å²) in [7, 11) is -4.33. The zero-order valence-electron chi connectivity index (χ0n) is 25.1. The molecule has 0 aliphatic rings. The Morgan fingerprint density at radius 2 is 1.58 bits per heavy atom. The summed E-state index contributed by atoms with van der Waals surface area (Å²) in [5.41, 5.74) is 1.66. The highest BCUT2D eigenvalue weighted by Gasteiger charge is 2.25. The average molecular weight is 678 g/mol. The van der Waals surface area contributed by atoms with Crippen molar-refractivity contribution in [1.29, 1.82) is 0 Å². The van der Waals surface area contributed by atoms with Crippen molar-refractivity contribution >= 4 is 52.0 Å². The Balaban J connectivity index is 1.81. The van der Waals surface area contributed by atoms with Crippen LogP contribution in [0.3, 0.4) is 0 Å². The van der Waals surface area contributed by atoms with Crippen molar-refractivity contribution in [3.63, 3.8) is 0 Å². The van der Waals surface area contributed by atoms with Gasteiger partial charge in [-0.3, -0.25) is 14.4 Å². The first-order valence-corrected chi connectivity index (χ1v) is 16.9. The Kier molecular flexibility index (Phi) is 13.4. The predicted octanol–water partition coefficient (Wildman–Crippen LogP) is 4.81. The van der Waals surface area contributed by atoms with Crippen LogP contribution < -0.4 is 4.72 Å². The molecule has 2 N–H and O–H groups in total. The second kappa shape index (κ2) is 16.7. The first-order chi connectivity index (χ1) is 21.4. The molecule has 0 aliphatic heterocycles. The van der Waals surface area contributed by atoms with Crippen molar-refractivity contribution < 1.29 is 32.3 Å². The van der Waals surface area contributed by atoms with E-state index in [1.807, 2.05) is 11.6 Å². The summed E-state index contributed by atoms with van der Waals surface area (Å²) >= 11 is 10.9. The number of sulfonamides is 1. The highest BCUT2D eigenvalue weighted by Crippen LogP contribution is 2.34. The maximum absolute atomic E-state index is 14.3. The molecular weight excluding hydrogens is 641 g/mol. The molecule has 3 amide bonds. The van der Waals surface area contributed by atoms with Crippen LogP contribution in [-0.4, -0.2) is 66.0 Å². The Morgan fingerprint density at radius 3 is 2.22 bits per heavy atom. The number of carbonyl (C=O) groups excluding carboxylic acids is 3. The van der Waals surface area contributed by atoms with Crippen molar-refractivity contribution in [2.75, 3.05) is 18.8 Å². The van der Waals surface area contributed by atoms with Gasteiger partial charge in [-0.2, -0.15) is 12.6 Å². The summed E-state index contributed by atoms with van der Waals surface area (Å²) < 4.78 is 42.0. The lowest BCUT2D eigenvalue weighted by molar-refractivity contribution is -0.135. The fraction of sp³-hybridized carbons (Fsp3) is 0.344. The molecule has 0 saturated carbocycles. The summed E-state index contributed by atoms with van der Waals surface area (Å²) in [5.74, 6) is -1.47. The maximum Gasteiger partial charge on any atom is 0.264 e. The summed E-state index contributed by atoms with van der Waals surface area (Å²) in [6.45, 7) is 3.71. The van der Waals surface area contributed by atoms with Gasteiger partial charge >= 0.3 is 0 Å². The monoisotopic (exact) mass is 677 g/mol. The molecule has 0 aliphatic carbocycles. The highest BCUT2D eigenvalue weighted by atomic mass is 35.5. The van der Waals surface area contributed by atoms with Gasteiger partial charge in [-0.25, -0.2) is 17.5 Å². The molecule has 0 saturated heterocycles. The van der Waals surface area contributed by atoms with Gasteiger partial charge in [0.1, 0.15) is 11.9 Å². The van der Waals surface area contributed by atoms with E-state index in [1.54, 1.807) is 53.4 Å². The lowest BCUT2D eigenvalue weighted by Crippen LogP contribution is -2.37. The van der Waals surface area contributed by atoms with Crippen molar-refractivity contribution in [3.8, 4) is 11.1 Å². The van der Waals surface area contributed by atoms with Crippen LogP contribution in [0.15, 0.2) is 71.6 Å². The van der Waals surface area contributed by atoms with E-state index in [1.165, 1.54) is 23.1 Å². The molecule has 9 nitrogen and oxygen atoms in total. The smallest absolute Gasteiger partial charge is 0.264 e. The maximum atomic E-state index is 14.3. The number of nitrogens with zero attached hydrogens (tertiary/aromatic N) is 2. The standard InChI is InChI=1S/C32H37ClFN3O6S2/c1-3-8-30(39)36(16-15-31(40)37(17-18-44)21-24-9-4-6-11-28(24)34)20-23-13-14-25(27(33)19-23)26-10-5-7-12-29(26)45(42,43)35-32(41)22(2)38/h4-7,9-14,19,22,38,44H,3,8,15-18,20-21H2,1-2H3,(H,35,41). The van der Waals surface area contributed by atoms with Crippen LogP contribution in [0.2, 0.25) is 5.02 Å². The molecule has 242 valence electrons. The number of carbonyl (C=O) groups is 3. The number of nitrogens with one attached hydrogen (secondary N) is 1. The summed E-state index contributed by atoms with van der Waals surface area (Å²) in [4.78, 5) is 41.0. The number of thiol groups is 1. The van der Waals surface area contributed by atoms with Gasteiger partial charge in [-0.15, -0.1) is 0 Å². The zero-order chi connectivity index (χ0) is 33.1. The quantitative estimate of drug-likeness (QED) is 0.199. The largest absolute Gasteiger partial charge is 0.384 e. The highest BCUT2D eigenvalue weighted by molar-refractivity contribution is 7.90.